The van der Waals surface area contributed by atoms with Gasteiger partial charge in [0.1, 0.15) is 0 Å². The van der Waals surface area contributed by atoms with Crippen molar-refractivity contribution in [3.8, 4) is 0 Å². The van der Waals surface area contributed by atoms with Crippen LogP contribution in [0.5, 0.6) is 0 Å². The summed E-state index contributed by atoms with van der Waals surface area (Å²) >= 11 is 0. The van der Waals surface area contributed by atoms with Crippen LogP contribution >= 0.6 is 0 Å². The summed E-state index contributed by atoms with van der Waals surface area (Å²) in [6.07, 6.45) is 58.4. The Hall–Kier alpha value is -1.79. The number of aliphatic hydroxyl groups excluding tert-OH is 1. The minimum absolute atomic E-state index is 0.00890. The van der Waals surface area contributed by atoms with Crippen molar-refractivity contribution >= 4 is 17.9 Å². The van der Waals surface area contributed by atoms with E-state index in [1.54, 1.807) is 0 Å². The number of esters is 3. The van der Waals surface area contributed by atoms with Gasteiger partial charge in [-0.3, -0.25) is 14.4 Å². The third-order valence-electron chi connectivity index (χ3n) is 18.6. The number of rotatable bonds is 73. The van der Waals surface area contributed by atoms with Crippen LogP contribution in [0.25, 0.3) is 0 Å². The first-order valence-electron chi connectivity index (χ1n) is 38.9. The highest BCUT2D eigenvalue weighted by molar-refractivity contribution is 5.69. The number of unbranched alkanes of at least 4 members (excludes halogenated alkanes) is 27. The summed E-state index contributed by atoms with van der Waals surface area (Å²) in [4.78, 5) is 42.7. The first-order valence-corrected chi connectivity index (χ1v) is 38.9. The number of carbonyl (C=O) groups excluding carboxylic acids is 3. The third kappa shape index (κ3) is 61.7. The van der Waals surface area contributed by atoms with E-state index >= 15 is 0 Å². The topological polar surface area (TPSA) is 124 Å². The molecule has 0 aromatic carbocycles. The standard InChI is InChI=1S/C77H152N2O9/c1-8-14-32-47-72(48-33-15-9-2)56-68-86-75(81)53-38-26-20-23-29-41-59-78(60-42-30-24-21-27-39-54-76(82)87-69-57-73(49-34-16-10-3)50-35-17-11-4)63-45-66-84-71(7)85-67-46-64-79(62-44-65-80)61-43-31-25-22-28-40-55-77(83)88-70-58-74(51-36-18-12-5)52-37-19-13-6/h71-74,80H,8-70H2,1-7H3. The summed E-state index contributed by atoms with van der Waals surface area (Å²) in [5.41, 5.74) is 0. The Labute approximate surface area is 547 Å². The fourth-order valence-corrected chi connectivity index (χ4v) is 12.7. The largest absolute Gasteiger partial charge is 0.466 e. The molecular weight excluding hydrogens is 1100 g/mol. The second kappa shape index (κ2) is 69.5. The fourth-order valence-electron chi connectivity index (χ4n) is 12.7. The van der Waals surface area contributed by atoms with Gasteiger partial charge in [-0.2, -0.15) is 0 Å². The molecule has 0 amide bonds. The smallest absolute Gasteiger partial charge is 0.305 e. The molecule has 0 fully saturated rings. The molecule has 11 heteroatoms. The first kappa shape index (κ1) is 86.2. The summed E-state index contributed by atoms with van der Waals surface area (Å²) in [5, 5.41) is 9.59. The van der Waals surface area contributed by atoms with Crippen molar-refractivity contribution in [2.75, 3.05) is 78.9 Å². The van der Waals surface area contributed by atoms with E-state index in [0.717, 1.165) is 129 Å². The van der Waals surface area contributed by atoms with E-state index in [4.69, 9.17) is 23.7 Å². The Balaban J connectivity index is 4.73. The Kier molecular flexibility index (Phi) is 68.1. The second-order valence-electron chi connectivity index (χ2n) is 27.0. The van der Waals surface area contributed by atoms with Gasteiger partial charge < -0.3 is 38.6 Å². The highest BCUT2D eigenvalue weighted by Gasteiger charge is 2.15. The minimum atomic E-state index is -0.237. The maximum Gasteiger partial charge on any atom is 0.305 e. The molecule has 0 saturated carbocycles. The summed E-state index contributed by atoms with van der Waals surface area (Å²) in [5.74, 6) is 2.06. The number of hydrogen-bond donors (Lipinski definition) is 1. The van der Waals surface area contributed by atoms with E-state index in [-0.39, 0.29) is 30.8 Å². The Morgan fingerprint density at radius 2 is 0.523 bits per heavy atom. The lowest BCUT2D eigenvalue weighted by molar-refractivity contribution is -0.145. The van der Waals surface area contributed by atoms with Gasteiger partial charge >= 0.3 is 17.9 Å². The lowest BCUT2D eigenvalue weighted by atomic mass is 9.92. The molecule has 0 aromatic rings. The Morgan fingerprint density at radius 3 is 0.784 bits per heavy atom. The van der Waals surface area contributed by atoms with Crippen LogP contribution in [0.1, 0.15) is 376 Å². The monoisotopic (exact) mass is 1250 g/mol. The molecule has 0 rings (SSSR count). The van der Waals surface area contributed by atoms with E-state index in [1.807, 2.05) is 6.92 Å². The van der Waals surface area contributed by atoms with Crippen LogP contribution in [0.4, 0.5) is 0 Å². The molecule has 0 radical (unpaired) electrons. The molecule has 1 N–H and O–H groups in total. The van der Waals surface area contributed by atoms with Crippen LogP contribution < -0.4 is 0 Å². The molecule has 0 aromatic heterocycles. The molecule has 0 spiro atoms. The van der Waals surface area contributed by atoms with Crippen molar-refractivity contribution in [1.82, 2.24) is 9.80 Å². The van der Waals surface area contributed by atoms with Gasteiger partial charge in [0.05, 0.1) is 33.0 Å². The Bertz CT molecular complexity index is 1350. The van der Waals surface area contributed by atoms with Crippen molar-refractivity contribution in [2.45, 2.75) is 382 Å². The molecule has 1 atom stereocenters. The highest BCUT2D eigenvalue weighted by Crippen LogP contribution is 2.25. The average Bonchev–Trinajstić information content (AvgIpc) is 3.53. The van der Waals surface area contributed by atoms with Crippen molar-refractivity contribution < 1.29 is 43.2 Å². The van der Waals surface area contributed by atoms with E-state index in [0.29, 0.717) is 70.1 Å². The summed E-state index contributed by atoms with van der Waals surface area (Å²) < 4.78 is 29.5. The number of nitrogens with zero attached hydrogens (tertiary/aromatic N) is 2. The van der Waals surface area contributed by atoms with E-state index < -0.39 is 0 Å². The van der Waals surface area contributed by atoms with Crippen LogP contribution in [-0.4, -0.2) is 118 Å². The van der Waals surface area contributed by atoms with E-state index in [9.17, 15) is 19.5 Å². The van der Waals surface area contributed by atoms with E-state index in [2.05, 4.69) is 51.3 Å². The van der Waals surface area contributed by atoms with Gasteiger partial charge in [0, 0.05) is 45.5 Å². The molecule has 524 valence electrons. The lowest BCUT2D eigenvalue weighted by Gasteiger charge is -2.23. The lowest BCUT2D eigenvalue weighted by Crippen LogP contribution is -2.29. The normalized spacial score (nSPS) is 12.2. The minimum Gasteiger partial charge on any atom is -0.466 e. The average molecular weight is 1250 g/mol. The van der Waals surface area contributed by atoms with Crippen LogP contribution in [0.2, 0.25) is 0 Å². The number of aliphatic hydroxyl groups is 1. The maximum absolute atomic E-state index is 12.6. The van der Waals surface area contributed by atoms with Crippen LogP contribution in [0.15, 0.2) is 0 Å². The summed E-state index contributed by atoms with van der Waals surface area (Å²) in [6.45, 7) is 25.1. The van der Waals surface area contributed by atoms with Gasteiger partial charge in [-0.1, -0.05) is 273 Å². The maximum atomic E-state index is 12.6. The van der Waals surface area contributed by atoms with E-state index in [1.165, 1.54) is 218 Å². The van der Waals surface area contributed by atoms with Gasteiger partial charge in [-0.15, -0.1) is 0 Å². The molecule has 0 aliphatic heterocycles. The number of hydrogen-bond acceptors (Lipinski definition) is 11. The molecule has 11 nitrogen and oxygen atoms in total. The first-order chi connectivity index (χ1) is 43.1. The molecule has 0 saturated heterocycles. The third-order valence-corrected chi connectivity index (χ3v) is 18.6. The second-order valence-corrected chi connectivity index (χ2v) is 27.0. The number of ether oxygens (including phenoxy) is 5. The van der Waals surface area contributed by atoms with Gasteiger partial charge in [-0.25, -0.2) is 0 Å². The molecule has 0 aliphatic carbocycles. The Morgan fingerprint density at radius 1 is 0.284 bits per heavy atom. The van der Waals surface area contributed by atoms with Crippen molar-refractivity contribution in [3.63, 3.8) is 0 Å². The molecule has 0 aliphatic rings. The zero-order chi connectivity index (χ0) is 64.3. The van der Waals surface area contributed by atoms with Crippen molar-refractivity contribution in [2.24, 2.45) is 17.8 Å². The molecule has 88 heavy (non-hydrogen) atoms. The SMILES string of the molecule is CCCCCC(CCCCC)CCOC(=O)CCCCCCCCN(CCCO)CCCOC(C)OCCCN(CCCCCCCCC(=O)OCCC(CCCCC)CCCCC)CCCCCCCCC(=O)OCCC(CCCCC)CCCCC. The zero-order valence-corrected chi connectivity index (χ0v) is 60.0. The van der Waals surface area contributed by atoms with Crippen molar-refractivity contribution in [1.29, 1.82) is 0 Å². The van der Waals surface area contributed by atoms with Gasteiger partial charge in [0.15, 0.2) is 6.29 Å². The van der Waals surface area contributed by atoms with Crippen LogP contribution in [0, 0.1) is 17.8 Å². The molecular formula is C77H152N2O9. The predicted molar refractivity (Wildman–Crippen MR) is 374 cm³/mol. The quantitative estimate of drug-likeness (QED) is 0.0271. The number of carbonyl (C=O) groups is 3. The van der Waals surface area contributed by atoms with Gasteiger partial charge in [-0.05, 0) is 121 Å². The summed E-state index contributed by atoms with van der Waals surface area (Å²) in [6, 6.07) is 0. The predicted octanol–water partition coefficient (Wildman–Crippen LogP) is 21.5. The summed E-state index contributed by atoms with van der Waals surface area (Å²) in [7, 11) is 0. The fraction of sp³-hybridized carbons (Fsp3) is 0.961. The van der Waals surface area contributed by atoms with Crippen LogP contribution in [0.3, 0.4) is 0 Å². The highest BCUT2D eigenvalue weighted by atomic mass is 16.7. The van der Waals surface area contributed by atoms with Gasteiger partial charge in [0.25, 0.3) is 0 Å². The van der Waals surface area contributed by atoms with Crippen LogP contribution in [-0.2, 0) is 38.1 Å². The molecule has 1 unspecified atom stereocenters. The molecule has 0 heterocycles. The zero-order valence-electron chi connectivity index (χ0n) is 60.0. The van der Waals surface area contributed by atoms with Crippen molar-refractivity contribution in [3.05, 3.63) is 0 Å². The van der Waals surface area contributed by atoms with Gasteiger partial charge in [0.2, 0.25) is 0 Å². The molecule has 0 bridgehead atoms.